The van der Waals surface area contributed by atoms with Crippen molar-refractivity contribution in [3.05, 3.63) is 60.0 Å². The van der Waals surface area contributed by atoms with Crippen LogP contribution in [0.5, 0.6) is 0 Å². The monoisotopic (exact) mass is 306 g/mol. The minimum atomic E-state index is 0.0496. The molecule has 5 heteroatoms. The third kappa shape index (κ3) is 2.48. The number of H-pyrrole nitrogens is 1. The Morgan fingerprint density at radius 2 is 2.04 bits per heavy atom. The van der Waals surface area contributed by atoms with Crippen molar-refractivity contribution in [2.75, 3.05) is 6.54 Å². The molecule has 116 valence electrons. The Balaban J connectivity index is 1.74. The van der Waals surface area contributed by atoms with Gasteiger partial charge in [0.15, 0.2) is 0 Å². The van der Waals surface area contributed by atoms with Gasteiger partial charge in [-0.3, -0.25) is 14.9 Å². The summed E-state index contributed by atoms with van der Waals surface area (Å²) >= 11 is 0. The normalized spacial score (nSPS) is 18.3. The number of rotatable bonds is 2. The highest BCUT2D eigenvalue weighted by molar-refractivity contribution is 6.05. The van der Waals surface area contributed by atoms with Crippen LogP contribution in [0.15, 0.2) is 48.8 Å². The van der Waals surface area contributed by atoms with Crippen molar-refractivity contribution in [1.29, 1.82) is 0 Å². The number of likely N-dealkylation sites (tertiary alicyclic amines) is 1. The second-order valence-electron chi connectivity index (χ2n) is 5.90. The first-order valence-electron chi connectivity index (χ1n) is 7.98. The van der Waals surface area contributed by atoms with Crippen molar-refractivity contribution in [2.45, 2.75) is 25.3 Å². The maximum absolute atomic E-state index is 13.2. The van der Waals surface area contributed by atoms with Crippen molar-refractivity contribution < 1.29 is 4.79 Å². The van der Waals surface area contributed by atoms with E-state index in [1.165, 1.54) is 0 Å². The van der Waals surface area contributed by atoms with Gasteiger partial charge in [-0.05, 0) is 37.5 Å². The fourth-order valence-corrected chi connectivity index (χ4v) is 3.38. The van der Waals surface area contributed by atoms with Crippen LogP contribution in [-0.4, -0.2) is 32.5 Å². The zero-order valence-corrected chi connectivity index (χ0v) is 12.8. The molecule has 1 aliphatic heterocycles. The molecule has 1 amide bonds. The smallest absolute Gasteiger partial charge is 0.256 e. The first-order valence-corrected chi connectivity index (χ1v) is 7.98. The average molecular weight is 306 g/mol. The molecule has 1 aromatic carbocycles. The standard InChI is InChI=1S/C18H18N4O/c23-18(14-7-3-5-13-6-4-10-19-17(13)14)22-12-2-1-8-16(22)15-9-11-20-21-15/h3-7,9-11,16H,1-2,8,12H2,(H,20,21)/t16-/m0/s1. The van der Waals surface area contributed by atoms with Crippen LogP contribution in [0.3, 0.4) is 0 Å². The molecule has 3 heterocycles. The van der Waals surface area contributed by atoms with Crippen molar-refractivity contribution in [3.63, 3.8) is 0 Å². The van der Waals surface area contributed by atoms with Gasteiger partial charge in [-0.1, -0.05) is 18.2 Å². The molecule has 1 saturated heterocycles. The van der Waals surface area contributed by atoms with E-state index in [-0.39, 0.29) is 11.9 Å². The highest BCUT2D eigenvalue weighted by Gasteiger charge is 2.30. The fourth-order valence-electron chi connectivity index (χ4n) is 3.38. The minimum Gasteiger partial charge on any atom is -0.330 e. The van der Waals surface area contributed by atoms with E-state index >= 15 is 0 Å². The Morgan fingerprint density at radius 1 is 1.13 bits per heavy atom. The molecule has 1 N–H and O–H groups in total. The van der Waals surface area contributed by atoms with Crippen LogP contribution in [0.1, 0.15) is 41.4 Å². The van der Waals surface area contributed by atoms with Crippen LogP contribution in [0.25, 0.3) is 10.9 Å². The van der Waals surface area contributed by atoms with Crippen LogP contribution >= 0.6 is 0 Å². The third-order valence-corrected chi connectivity index (χ3v) is 4.51. The van der Waals surface area contributed by atoms with Gasteiger partial charge >= 0.3 is 0 Å². The summed E-state index contributed by atoms with van der Waals surface area (Å²) in [6.07, 6.45) is 6.61. The molecule has 1 aliphatic rings. The average Bonchev–Trinajstić information content (AvgIpc) is 3.15. The van der Waals surface area contributed by atoms with E-state index in [9.17, 15) is 4.79 Å². The first kappa shape index (κ1) is 13.9. The lowest BCUT2D eigenvalue weighted by molar-refractivity contribution is 0.0608. The van der Waals surface area contributed by atoms with Gasteiger partial charge in [0.05, 0.1) is 22.8 Å². The van der Waals surface area contributed by atoms with Crippen molar-refractivity contribution >= 4 is 16.8 Å². The molecule has 1 atom stereocenters. The van der Waals surface area contributed by atoms with E-state index in [1.807, 2.05) is 41.3 Å². The van der Waals surface area contributed by atoms with Gasteiger partial charge in [0.25, 0.3) is 5.91 Å². The lowest BCUT2D eigenvalue weighted by atomic mass is 9.97. The molecule has 0 spiro atoms. The second-order valence-corrected chi connectivity index (χ2v) is 5.90. The van der Waals surface area contributed by atoms with E-state index in [0.717, 1.165) is 42.4 Å². The number of benzene rings is 1. The number of para-hydroxylation sites is 1. The van der Waals surface area contributed by atoms with Crippen LogP contribution in [0.4, 0.5) is 0 Å². The fraction of sp³-hybridized carbons (Fsp3) is 0.278. The number of aromatic amines is 1. The van der Waals surface area contributed by atoms with E-state index in [2.05, 4.69) is 15.2 Å². The quantitative estimate of drug-likeness (QED) is 0.790. The first-order chi connectivity index (χ1) is 11.3. The van der Waals surface area contributed by atoms with E-state index in [0.29, 0.717) is 5.56 Å². The van der Waals surface area contributed by atoms with E-state index in [4.69, 9.17) is 0 Å². The Bertz CT molecular complexity index is 823. The molecular formula is C18H18N4O. The van der Waals surface area contributed by atoms with Gasteiger partial charge in [-0.25, -0.2) is 0 Å². The molecule has 3 aromatic rings. The molecule has 23 heavy (non-hydrogen) atoms. The molecular weight excluding hydrogens is 288 g/mol. The van der Waals surface area contributed by atoms with Gasteiger partial charge < -0.3 is 4.90 Å². The summed E-state index contributed by atoms with van der Waals surface area (Å²) in [4.78, 5) is 19.5. The molecule has 0 unspecified atom stereocenters. The van der Waals surface area contributed by atoms with Crippen molar-refractivity contribution in [2.24, 2.45) is 0 Å². The molecule has 0 saturated carbocycles. The lowest BCUT2D eigenvalue weighted by Crippen LogP contribution is -2.38. The zero-order valence-electron chi connectivity index (χ0n) is 12.8. The highest BCUT2D eigenvalue weighted by atomic mass is 16.2. The van der Waals surface area contributed by atoms with Gasteiger partial charge in [0.2, 0.25) is 0 Å². The third-order valence-electron chi connectivity index (χ3n) is 4.51. The number of carbonyl (C=O) groups is 1. The summed E-state index contributed by atoms with van der Waals surface area (Å²) in [5.41, 5.74) is 2.45. The van der Waals surface area contributed by atoms with Crippen LogP contribution in [-0.2, 0) is 0 Å². The van der Waals surface area contributed by atoms with Crippen LogP contribution in [0.2, 0.25) is 0 Å². The zero-order chi connectivity index (χ0) is 15.6. The summed E-state index contributed by atoms with van der Waals surface area (Å²) < 4.78 is 0. The SMILES string of the molecule is O=C(c1cccc2cccnc12)N1CCCC[C@H]1c1ccn[nH]1. The largest absolute Gasteiger partial charge is 0.330 e. The number of aromatic nitrogens is 3. The number of hydrogen-bond acceptors (Lipinski definition) is 3. The van der Waals surface area contributed by atoms with E-state index < -0.39 is 0 Å². The lowest BCUT2D eigenvalue weighted by Gasteiger charge is -2.35. The van der Waals surface area contributed by atoms with Crippen molar-refractivity contribution in [3.8, 4) is 0 Å². The van der Waals surface area contributed by atoms with Gasteiger partial charge in [0.1, 0.15) is 0 Å². The molecule has 0 aliphatic carbocycles. The predicted molar refractivity (Wildman–Crippen MR) is 88.0 cm³/mol. The Labute approximate surface area is 134 Å². The number of nitrogens with one attached hydrogen (secondary N) is 1. The predicted octanol–water partition coefficient (Wildman–Crippen LogP) is 3.33. The number of hydrogen-bond donors (Lipinski definition) is 1. The Hall–Kier alpha value is -2.69. The maximum Gasteiger partial charge on any atom is 0.256 e. The number of fused-ring (bicyclic) bond motifs is 1. The summed E-state index contributed by atoms with van der Waals surface area (Å²) in [6.45, 7) is 0.770. The van der Waals surface area contributed by atoms with Crippen LogP contribution < -0.4 is 0 Å². The van der Waals surface area contributed by atoms with Gasteiger partial charge in [0, 0.05) is 24.3 Å². The summed E-state index contributed by atoms with van der Waals surface area (Å²) in [7, 11) is 0. The molecule has 0 radical (unpaired) electrons. The molecule has 4 rings (SSSR count). The maximum atomic E-state index is 13.2. The number of nitrogens with zero attached hydrogens (tertiary/aromatic N) is 3. The number of piperidine rings is 1. The minimum absolute atomic E-state index is 0.0496. The summed E-state index contributed by atoms with van der Waals surface area (Å²) in [5, 5.41) is 8.05. The van der Waals surface area contributed by atoms with Gasteiger partial charge in [-0.15, -0.1) is 0 Å². The molecule has 5 nitrogen and oxygen atoms in total. The highest BCUT2D eigenvalue weighted by Crippen LogP contribution is 2.31. The Kier molecular flexibility index (Phi) is 3.54. The number of carbonyl (C=O) groups excluding carboxylic acids is 1. The van der Waals surface area contributed by atoms with Gasteiger partial charge in [-0.2, -0.15) is 5.10 Å². The number of pyridine rings is 1. The Morgan fingerprint density at radius 3 is 2.91 bits per heavy atom. The molecule has 2 aromatic heterocycles. The molecule has 0 bridgehead atoms. The molecule has 1 fully saturated rings. The second kappa shape index (κ2) is 5.83. The number of amides is 1. The summed E-state index contributed by atoms with van der Waals surface area (Å²) in [5.74, 6) is 0.0496. The van der Waals surface area contributed by atoms with E-state index in [1.54, 1.807) is 12.4 Å². The van der Waals surface area contributed by atoms with Crippen LogP contribution in [0, 0.1) is 0 Å². The topological polar surface area (TPSA) is 61.9 Å². The summed E-state index contributed by atoms with van der Waals surface area (Å²) in [6, 6.07) is 11.7. The van der Waals surface area contributed by atoms with Crippen molar-refractivity contribution in [1.82, 2.24) is 20.1 Å².